The fourth-order valence-electron chi connectivity index (χ4n) is 1.27. The van der Waals surface area contributed by atoms with Crippen molar-refractivity contribution in [1.82, 2.24) is 10.1 Å². The number of nitrogens with zero attached hydrogens (tertiary/aromatic N) is 2. The first-order valence-corrected chi connectivity index (χ1v) is 7.07. The predicted octanol–water partition coefficient (Wildman–Crippen LogP) is 1.67. The van der Waals surface area contributed by atoms with Gasteiger partial charge in [0.15, 0.2) is 5.82 Å². The first kappa shape index (κ1) is 12.8. The normalized spacial score (nSPS) is 11.2. The Hall–Kier alpha value is -1.61. The van der Waals surface area contributed by atoms with Crippen LogP contribution in [0.3, 0.4) is 0 Å². The van der Waals surface area contributed by atoms with Gasteiger partial charge in [0.05, 0.1) is 0 Å². The lowest BCUT2D eigenvalue weighted by molar-refractivity contribution is 0.423. The lowest BCUT2D eigenvalue weighted by Crippen LogP contribution is -2.15. The van der Waals surface area contributed by atoms with E-state index in [1.54, 1.807) is 7.05 Å². The van der Waals surface area contributed by atoms with Crippen LogP contribution in [0.15, 0.2) is 38.5 Å². The summed E-state index contributed by atoms with van der Waals surface area (Å²) >= 11 is 3.18. The van der Waals surface area contributed by atoms with E-state index in [1.807, 2.05) is 0 Å². The highest BCUT2D eigenvalue weighted by Gasteiger charge is 2.20. The van der Waals surface area contributed by atoms with E-state index in [9.17, 15) is 8.42 Å². The highest BCUT2D eigenvalue weighted by atomic mass is 79.9. The van der Waals surface area contributed by atoms with Crippen molar-refractivity contribution < 1.29 is 12.9 Å². The number of hydrogen-bond acceptors (Lipinski definition) is 6. The molecule has 0 atom stereocenters. The van der Waals surface area contributed by atoms with Crippen molar-refractivity contribution in [2.24, 2.45) is 0 Å². The molecule has 0 amide bonds. The minimum atomic E-state index is -3.78. The van der Waals surface area contributed by atoms with E-state index < -0.39 is 10.0 Å². The quantitative estimate of drug-likeness (QED) is 0.883. The molecule has 96 valence electrons. The van der Waals surface area contributed by atoms with Gasteiger partial charge in [-0.3, -0.25) is 4.72 Å². The van der Waals surface area contributed by atoms with Crippen LogP contribution in [-0.4, -0.2) is 25.6 Å². The number of halogens is 1. The van der Waals surface area contributed by atoms with E-state index in [0.717, 1.165) is 0 Å². The van der Waals surface area contributed by atoms with Gasteiger partial charge >= 0.3 is 0 Å². The highest BCUT2D eigenvalue weighted by Crippen LogP contribution is 2.24. The van der Waals surface area contributed by atoms with Gasteiger partial charge in [-0.05, 0) is 22.0 Å². The number of sulfonamides is 1. The van der Waals surface area contributed by atoms with E-state index in [4.69, 9.17) is 0 Å². The fraction of sp³-hybridized carbons (Fsp3) is 0.111. The third-order valence-electron chi connectivity index (χ3n) is 2.02. The summed E-state index contributed by atoms with van der Waals surface area (Å²) in [4.78, 5) is 3.99. The Labute approximate surface area is 112 Å². The van der Waals surface area contributed by atoms with Crippen LogP contribution >= 0.6 is 15.9 Å². The van der Waals surface area contributed by atoms with Crippen molar-refractivity contribution in [1.29, 1.82) is 0 Å². The molecule has 0 fully saturated rings. The van der Waals surface area contributed by atoms with Crippen molar-refractivity contribution in [2.75, 3.05) is 17.1 Å². The van der Waals surface area contributed by atoms with Gasteiger partial charge in [0, 0.05) is 23.8 Å². The SMILES string of the molecule is CNc1ncc(Br)cc1S(=O)(=O)Nc1ccon1. The first-order chi connectivity index (χ1) is 8.53. The number of aromatic nitrogens is 2. The molecule has 0 aromatic carbocycles. The molecule has 2 heterocycles. The van der Waals surface area contributed by atoms with Crippen LogP contribution in [0.5, 0.6) is 0 Å². The summed E-state index contributed by atoms with van der Waals surface area (Å²) in [6.45, 7) is 0. The Kier molecular flexibility index (Phi) is 3.53. The molecule has 0 unspecified atom stereocenters. The molecule has 0 saturated heterocycles. The molecule has 0 spiro atoms. The second-order valence-corrected chi connectivity index (χ2v) is 5.81. The van der Waals surface area contributed by atoms with Crippen LogP contribution < -0.4 is 10.0 Å². The van der Waals surface area contributed by atoms with Gasteiger partial charge in [-0.15, -0.1) is 0 Å². The monoisotopic (exact) mass is 332 g/mol. The molecule has 0 radical (unpaired) electrons. The van der Waals surface area contributed by atoms with Gasteiger partial charge in [-0.2, -0.15) is 0 Å². The summed E-state index contributed by atoms with van der Waals surface area (Å²) in [6.07, 6.45) is 2.77. The van der Waals surface area contributed by atoms with Crippen LogP contribution in [0.2, 0.25) is 0 Å². The molecular formula is C9H9BrN4O3S. The summed E-state index contributed by atoms with van der Waals surface area (Å²) in [6, 6.07) is 2.85. The Morgan fingerprint density at radius 1 is 1.44 bits per heavy atom. The summed E-state index contributed by atoms with van der Waals surface area (Å²) in [5.74, 6) is 0.353. The molecule has 2 aromatic rings. The van der Waals surface area contributed by atoms with Crippen molar-refractivity contribution in [3.8, 4) is 0 Å². The Morgan fingerprint density at radius 3 is 2.83 bits per heavy atom. The number of anilines is 2. The van der Waals surface area contributed by atoms with E-state index in [0.29, 0.717) is 4.47 Å². The number of hydrogen-bond donors (Lipinski definition) is 2. The number of nitrogens with one attached hydrogen (secondary N) is 2. The molecular weight excluding hydrogens is 324 g/mol. The summed E-state index contributed by atoms with van der Waals surface area (Å²) < 4.78 is 31.7. The van der Waals surface area contributed by atoms with E-state index in [2.05, 4.69) is 40.6 Å². The van der Waals surface area contributed by atoms with Gasteiger partial charge in [-0.25, -0.2) is 13.4 Å². The molecule has 2 aromatic heterocycles. The second kappa shape index (κ2) is 4.94. The zero-order valence-electron chi connectivity index (χ0n) is 9.21. The maximum atomic E-state index is 12.1. The molecule has 0 bridgehead atoms. The number of rotatable bonds is 4. The largest absolute Gasteiger partial charge is 0.372 e. The number of pyridine rings is 1. The van der Waals surface area contributed by atoms with Crippen molar-refractivity contribution in [3.63, 3.8) is 0 Å². The third-order valence-corrected chi connectivity index (χ3v) is 3.82. The molecule has 2 N–H and O–H groups in total. The molecule has 0 aliphatic carbocycles. The Bertz CT molecular complexity index is 642. The van der Waals surface area contributed by atoms with Gasteiger partial charge in [0.2, 0.25) is 0 Å². The summed E-state index contributed by atoms with van der Waals surface area (Å²) in [5.41, 5.74) is 0. The summed E-state index contributed by atoms with van der Waals surface area (Å²) in [5, 5.41) is 6.20. The van der Waals surface area contributed by atoms with E-state index in [-0.39, 0.29) is 16.5 Å². The van der Waals surface area contributed by atoms with Crippen molar-refractivity contribution >= 4 is 37.6 Å². The lowest BCUT2D eigenvalue weighted by Gasteiger charge is -2.09. The average molecular weight is 333 g/mol. The minimum absolute atomic E-state index is 0.0161. The molecule has 0 aliphatic heterocycles. The first-order valence-electron chi connectivity index (χ1n) is 4.79. The van der Waals surface area contributed by atoms with E-state index in [1.165, 1.54) is 24.6 Å². The van der Waals surface area contributed by atoms with Crippen LogP contribution in [0.1, 0.15) is 0 Å². The average Bonchev–Trinajstić information content (AvgIpc) is 2.81. The smallest absolute Gasteiger partial charge is 0.266 e. The van der Waals surface area contributed by atoms with Gasteiger partial charge in [-0.1, -0.05) is 5.16 Å². The van der Waals surface area contributed by atoms with Crippen molar-refractivity contribution in [3.05, 3.63) is 29.1 Å². The molecule has 0 aliphatic rings. The minimum Gasteiger partial charge on any atom is -0.372 e. The third kappa shape index (κ3) is 2.62. The van der Waals surface area contributed by atoms with Gasteiger partial charge in [0.1, 0.15) is 17.0 Å². The van der Waals surface area contributed by atoms with Gasteiger partial charge in [0.25, 0.3) is 10.0 Å². The zero-order chi connectivity index (χ0) is 13.2. The zero-order valence-corrected chi connectivity index (χ0v) is 11.6. The molecule has 7 nitrogen and oxygen atoms in total. The standard InChI is InChI=1S/C9H9BrN4O3S/c1-11-9-7(4-6(10)5-12-9)18(15,16)14-8-2-3-17-13-8/h2-5H,1H3,(H,11,12)(H,13,14). The van der Waals surface area contributed by atoms with Crippen LogP contribution in [0.25, 0.3) is 0 Å². The maximum absolute atomic E-state index is 12.1. The highest BCUT2D eigenvalue weighted by molar-refractivity contribution is 9.10. The fourth-order valence-corrected chi connectivity index (χ4v) is 2.94. The van der Waals surface area contributed by atoms with Crippen LogP contribution in [0.4, 0.5) is 11.6 Å². The van der Waals surface area contributed by atoms with Crippen molar-refractivity contribution in [2.45, 2.75) is 4.90 Å². The summed E-state index contributed by atoms with van der Waals surface area (Å²) in [7, 11) is -2.19. The van der Waals surface area contributed by atoms with Crippen LogP contribution in [0, 0.1) is 0 Å². The molecule has 2 rings (SSSR count). The Morgan fingerprint density at radius 2 is 2.22 bits per heavy atom. The lowest BCUT2D eigenvalue weighted by atomic mass is 10.4. The maximum Gasteiger partial charge on any atom is 0.266 e. The molecule has 9 heteroatoms. The van der Waals surface area contributed by atoms with Gasteiger partial charge < -0.3 is 9.84 Å². The second-order valence-electron chi connectivity index (χ2n) is 3.24. The van der Waals surface area contributed by atoms with E-state index >= 15 is 0 Å². The Balaban J connectivity index is 2.43. The topological polar surface area (TPSA) is 97.1 Å². The van der Waals surface area contributed by atoms with Crippen LogP contribution in [-0.2, 0) is 10.0 Å². The predicted molar refractivity (Wildman–Crippen MR) is 68.8 cm³/mol. The molecule has 18 heavy (non-hydrogen) atoms. The molecule has 0 saturated carbocycles.